The summed E-state index contributed by atoms with van der Waals surface area (Å²) in [7, 11) is -4.00. The normalized spacial score (nSPS) is 10.8. The van der Waals surface area contributed by atoms with Crippen LogP contribution in [-0.4, -0.2) is 32.8 Å². The third kappa shape index (κ3) is 6.40. The Hall–Kier alpha value is -3.70. The van der Waals surface area contributed by atoms with E-state index in [1.54, 1.807) is 25.1 Å². The highest BCUT2D eigenvalue weighted by Crippen LogP contribution is 2.24. The molecule has 9 nitrogen and oxygen atoms in total. The maximum atomic E-state index is 12.8. The third-order valence-corrected chi connectivity index (χ3v) is 6.52. The number of carbonyl (C=O) groups is 3. The van der Waals surface area contributed by atoms with Crippen molar-refractivity contribution in [3.8, 4) is 0 Å². The number of esters is 1. The van der Waals surface area contributed by atoms with Gasteiger partial charge in [0, 0.05) is 18.2 Å². The Kier molecular flexibility index (Phi) is 7.46. The first-order valence-electron chi connectivity index (χ1n) is 9.77. The first kappa shape index (κ1) is 24.0. The molecule has 0 aliphatic rings. The van der Waals surface area contributed by atoms with Crippen molar-refractivity contribution in [1.82, 2.24) is 0 Å². The molecule has 172 valence electrons. The Balaban J connectivity index is 1.75. The van der Waals surface area contributed by atoms with E-state index in [-0.39, 0.29) is 28.7 Å². The predicted octanol–water partition coefficient (Wildman–Crippen LogP) is 3.94. The van der Waals surface area contributed by atoms with E-state index in [9.17, 15) is 22.8 Å². The Morgan fingerprint density at radius 1 is 0.939 bits per heavy atom. The maximum Gasteiger partial charge on any atom is 0.348 e. The summed E-state index contributed by atoms with van der Waals surface area (Å²) >= 11 is 1.05. The molecule has 0 fully saturated rings. The molecule has 2 aromatic carbocycles. The van der Waals surface area contributed by atoms with Gasteiger partial charge >= 0.3 is 5.97 Å². The summed E-state index contributed by atoms with van der Waals surface area (Å²) in [5.41, 5.74) is 0.811. The third-order valence-electron chi connectivity index (χ3n) is 4.16. The van der Waals surface area contributed by atoms with Crippen LogP contribution in [0, 0.1) is 0 Å². The van der Waals surface area contributed by atoms with E-state index in [1.165, 1.54) is 49.4 Å². The second kappa shape index (κ2) is 10.3. The van der Waals surface area contributed by atoms with Gasteiger partial charge in [-0.1, -0.05) is 12.1 Å². The van der Waals surface area contributed by atoms with E-state index in [0.29, 0.717) is 15.6 Å². The number of ether oxygens (including phenoxy) is 1. The van der Waals surface area contributed by atoms with Crippen molar-refractivity contribution in [1.29, 1.82) is 0 Å². The van der Waals surface area contributed by atoms with Crippen LogP contribution in [0.5, 0.6) is 0 Å². The minimum absolute atomic E-state index is 0.113. The molecule has 0 saturated carbocycles. The molecule has 1 heterocycles. The van der Waals surface area contributed by atoms with Crippen molar-refractivity contribution < 1.29 is 27.5 Å². The van der Waals surface area contributed by atoms with Gasteiger partial charge in [0.2, 0.25) is 5.91 Å². The van der Waals surface area contributed by atoms with Gasteiger partial charge < -0.3 is 15.4 Å². The molecule has 3 N–H and O–H groups in total. The van der Waals surface area contributed by atoms with Gasteiger partial charge in [-0.05, 0) is 55.5 Å². The zero-order valence-corrected chi connectivity index (χ0v) is 19.4. The van der Waals surface area contributed by atoms with Crippen LogP contribution in [0.15, 0.2) is 65.6 Å². The van der Waals surface area contributed by atoms with Crippen LogP contribution in [0.2, 0.25) is 0 Å². The quantitative estimate of drug-likeness (QED) is 0.413. The summed E-state index contributed by atoms with van der Waals surface area (Å²) in [6.45, 7) is 3.29. The van der Waals surface area contributed by atoms with Gasteiger partial charge in [-0.2, -0.15) is 0 Å². The second-order valence-electron chi connectivity index (χ2n) is 6.73. The number of amides is 2. The number of hydrogen-bond acceptors (Lipinski definition) is 7. The highest BCUT2D eigenvalue weighted by molar-refractivity contribution is 7.92. The number of carbonyl (C=O) groups excluding carboxylic acids is 3. The van der Waals surface area contributed by atoms with E-state index in [2.05, 4.69) is 15.4 Å². The molecule has 0 atom stereocenters. The van der Waals surface area contributed by atoms with Gasteiger partial charge in [0.05, 0.1) is 22.2 Å². The molecular formula is C22H21N3O6S2. The van der Waals surface area contributed by atoms with Crippen LogP contribution in [0.25, 0.3) is 0 Å². The van der Waals surface area contributed by atoms with Crippen LogP contribution in [-0.2, 0) is 19.6 Å². The molecule has 11 heteroatoms. The number of thiophene rings is 1. The molecule has 0 radical (unpaired) electrons. The molecule has 3 aromatic rings. The van der Waals surface area contributed by atoms with E-state index in [4.69, 9.17) is 4.74 Å². The lowest BCUT2D eigenvalue weighted by atomic mass is 10.2. The van der Waals surface area contributed by atoms with E-state index >= 15 is 0 Å². The second-order valence-corrected chi connectivity index (χ2v) is 9.50. The van der Waals surface area contributed by atoms with Gasteiger partial charge in [0.25, 0.3) is 15.9 Å². The Morgan fingerprint density at radius 2 is 1.67 bits per heavy atom. The summed E-state index contributed by atoms with van der Waals surface area (Å²) in [4.78, 5) is 35.8. The Morgan fingerprint density at radius 3 is 2.39 bits per heavy atom. The topological polar surface area (TPSA) is 131 Å². The number of anilines is 3. The van der Waals surface area contributed by atoms with Crippen molar-refractivity contribution in [2.24, 2.45) is 0 Å². The molecule has 2 amide bonds. The van der Waals surface area contributed by atoms with Crippen LogP contribution in [0.3, 0.4) is 0 Å². The standard InChI is InChI=1S/C22H21N3O6S2/c1-3-31-22(28)19-10-11-20(32-19)24-21(27)15-6-4-9-18(12-15)33(29,30)25-17-8-5-7-16(13-17)23-14(2)26/h4-13,25H,3H2,1-2H3,(H,23,26)(H,24,27). The lowest BCUT2D eigenvalue weighted by Crippen LogP contribution is -2.16. The Bertz CT molecular complexity index is 1300. The molecule has 0 bridgehead atoms. The number of rotatable bonds is 8. The number of benzene rings is 2. The van der Waals surface area contributed by atoms with Gasteiger partial charge in [-0.15, -0.1) is 11.3 Å². The van der Waals surface area contributed by atoms with E-state index < -0.39 is 21.9 Å². The molecule has 0 unspecified atom stereocenters. The monoisotopic (exact) mass is 487 g/mol. The summed E-state index contributed by atoms with van der Waals surface area (Å²) in [5.74, 6) is -1.30. The number of nitrogens with one attached hydrogen (secondary N) is 3. The van der Waals surface area contributed by atoms with Crippen LogP contribution < -0.4 is 15.4 Å². The first-order valence-corrected chi connectivity index (χ1v) is 12.1. The lowest BCUT2D eigenvalue weighted by molar-refractivity contribution is -0.114. The molecule has 3 rings (SSSR count). The molecular weight excluding hydrogens is 466 g/mol. The predicted molar refractivity (Wildman–Crippen MR) is 126 cm³/mol. The number of sulfonamides is 1. The summed E-state index contributed by atoms with van der Waals surface area (Å²) < 4.78 is 33.0. The SMILES string of the molecule is CCOC(=O)c1ccc(NC(=O)c2cccc(S(=O)(=O)Nc3cccc(NC(C)=O)c3)c2)s1. The van der Waals surface area contributed by atoms with Crippen LogP contribution in [0.4, 0.5) is 16.4 Å². The minimum Gasteiger partial charge on any atom is -0.462 e. The number of hydrogen-bond donors (Lipinski definition) is 3. The first-order chi connectivity index (χ1) is 15.7. The summed E-state index contributed by atoms with van der Waals surface area (Å²) in [6.07, 6.45) is 0. The van der Waals surface area contributed by atoms with Crippen molar-refractivity contribution in [2.75, 3.05) is 22.0 Å². The molecule has 33 heavy (non-hydrogen) atoms. The van der Waals surface area contributed by atoms with Crippen molar-refractivity contribution in [3.05, 3.63) is 71.1 Å². The van der Waals surface area contributed by atoms with Gasteiger partial charge in [-0.25, -0.2) is 13.2 Å². The average molecular weight is 488 g/mol. The lowest BCUT2D eigenvalue weighted by Gasteiger charge is -2.11. The summed E-state index contributed by atoms with van der Waals surface area (Å²) in [6, 6.07) is 14.9. The zero-order valence-electron chi connectivity index (χ0n) is 17.7. The molecule has 0 saturated heterocycles. The van der Waals surface area contributed by atoms with Crippen molar-refractivity contribution in [2.45, 2.75) is 18.7 Å². The van der Waals surface area contributed by atoms with Crippen molar-refractivity contribution >= 4 is 55.5 Å². The smallest absolute Gasteiger partial charge is 0.348 e. The van der Waals surface area contributed by atoms with Crippen LogP contribution >= 0.6 is 11.3 Å². The van der Waals surface area contributed by atoms with E-state index in [0.717, 1.165) is 11.3 Å². The Labute approximate surface area is 194 Å². The zero-order chi connectivity index (χ0) is 24.0. The fourth-order valence-corrected chi connectivity index (χ4v) is 4.67. The maximum absolute atomic E-state index is 12.8. The van der Waals surface area contributed by atoms with Gasteiger partial charge in [0.15, 0.2) is 0 Å². The molecule has 0 spiro atoms. The van der Waals surface area contributed by atoms with Crippen LogP contribution in [0.1, 0.15) is 33.9 Å². The average Bonchev–Trinajstić information content (AvgIpc) is 3.22. The molecule has 1 aromatic heterocycles. The van der Waals surface area contributed by atoms with Crippen molar-refractivity contribution in [3.63, 3.8) is 0 Å². The highest BCUT2D eigenvalue weighted by atomic mass is 32.2. The molecule has 0 aliphatic heterocycles. The fourth-order valence-electron chi connectivity index (χ4n) is 2.78. The molecule has 0 aliphatic carbocycles. The fraction of sp³-hybridized carbons (Fsp3) is 0.136. The van der Waals surface area contributed by atoms with E-state index in [1.807, 2.05) is 0 Å². The highest BCUT2D eigenvalue weighted by Gasteiger charge is 2.18. The minimum atomic E-state index is -4.00. The largest absolute Gasteiger partial charge is 0.462 e. The summed E-state index contributed by atoms with van der Waals surface area (Å²) in [5, 5.41) is 5.65. The van der Waals surface area contributed by atoms with Gasteiger partial charge in [-0.3, -0.25) is 14.3 Å². The van der Waals surface area contributed by atoms with Gasteiger partial charge in [0.1, 0.15) is 4.88 Å².